The summed E-state index contributed by atoms with van der Waals surface area (Å²) in [5.74, 6) is -0.571. The van der Waals surface area contributed by atoms with E-state index in [0.717, 1.165) is 41.1 Å². The minimum Gasteiger partial charge on any atom is -0.495 e. The van der Waals surface area contributed by atoms with Gasteiger partial charge in [-0.15, -0.1) is 0 Å². The van der Waals surface area contributed by atoms with Gasteiger partial charge in [-0.05, 0) is 73.4 Å². The highest BCUT2D eigenvalue weighted by Gasteiger charge is 2.36. The molecule has 0 unspecified atom stereocenters. The Morgan fingerprint density at radius 1 is 0.857 bits per heavy atom. The standard InChI is InChI=1S/C37H38Cl3N3O5S/c1-25-12-16-30(17-13-25)49(46,47)43(29-15-19-35(48-2)33(40)22-29)24-36(44)42(23-27-14-18-31(38)32(39)20-27)34(21-26-8-4-3-5-9-26)37(45)41-28-10-6-7-11-28/h3-5,8-9,12-20,22,28,34H,6-7,10-11,21,23-24H2,1-2H3,(H,41,45)/t34-/m1/s1. The van der Waals surface area contributed by atoms with Crippen LogP contribution in [-0.2, 0) is 32.6 Å². The number of ether oxygens (including phenoxy) is 1. The van der Waals surface area contributed by atoms with E-state index in [9.17, 15) is 18.0 Å². The van der Waals surface area contributed by atoms with Gasteiger partial charge in [0.25, 0.3) is 10.0 Å². The molecule has 49 heavy (non-hydrogen) atoms. The van der Waals surface area contributed by atoms with E-state index >= 15 is 0 Å². The molecule has 1 atom stereocenters. The lowest BCUT2D eigenvalue weighted by Crippen LogP contribution is -2.54. The smallest absolute Gasteiger partial charge is 0.264 e. The van der Waals surface area contributed by atoms with Crippen molar-refractivity contribution in [2.45, 2.75) is 62.6 Å². The lowest BCUT2D eigenvalue weighted by atomic mass is 10.0. The van der Waals surface area contributed by atoms with E-state index in [0.29, 0.717) is 16.3 Å². The summed E-state index contributed by atoms with van der Waals surface area (Å²) in [6, 6.07) is 24.3. The Kier molecular flexibility index (Phi) is 12.1. The lowest BCUT2D eigenvalue weighted by molar-refractivity contribution is -0.140. The maximum absolute atomic E-state index is 14.7. The molecule has 0 bridgehead atoms. The monoisotopic (exact) mass is 741 g/mol. The second-order valence-corrected chi connectivity index (χ2v) is 15.2. The van der Waals surface area contributed by atoms with Crippen LogP contribution in [-0.4, -0.2) is 50.9 Å². The normalized spacial score (nSPS) is 13.9. The zero-order chi connectivity index (χ0) is 35.1. The van der Waals surface area contributed by atoms with Crippen LogP contribution >= 0.6 is 34.8 Å². The topological polar surface area (TPSA) is 96.0 Å². The minimum atomic E-state index is -4.30. The molecule has 2 amide bonds. The second-order valence-electron chi connectivity index (χ2n) is 12.1. The molecule has 0 saturated heterocycles. The highest BCUT2D eigenvalue weighted by atomic mass is 35.5. The van der Waals surface area contributed by atoms with Crippen LogP contribution < -0.4 is 14.4 Å². The third kappa shape index (κ3) is 9.08. The number of nitrogens with one attached hydrogen (secondary N) is 1. The Hall–Kier alpha value is -3.76. The summed E-state index contributed by atoms with van der Waals surface area (Å²) >= 11 is 19.1. The van der Waals surface area contributed by atoms with Crippen molar-refractivity contribution in [1.29, 1.82) is 0 Å². The third-order valence-corrected chi connectivity index (χ3v) is 11.4. The first-order valence-corrected chi connectivity index (χ1v) is 18.5. The van der Waals surface area contributed by atoms with Gasteiger partial charge in [0, 0.05) is 19.0 Å². The molecule has 5 rings (SSSR count). The number of carbonyl (C=O) groups excluding carboxylic acids is 2. The molecule has 0 aromatic heterocycles. The molecule has 1 aliphatic rings. The number of nitrogens with zero attached hydrogens (tertiary/aromatic N) is 2. The van der Waals surface area contributed by atoms with Crippen LogP contribution in [0.4, 0.5) is 5.69 Å². The largest absolute Gasteiger partial charge is 0.495 e. The van der Waals surface area contributed by atoms with Crippen molar-refractivity contribution in [3.8, 4) is 5.75 Å². The van der Waals surface area contributed by atoms with Crippen LogP contribution in [0.2, 0.25) is 15.1 Å². The van der Waals surface area contributed by atoms with E-state index in [1.807, 2.05) is 37.3 Å². The van der Waals surface area contributed by atoms with E-state index in [2.05, 4.69) is 5.32 Å². The van der Waals surface area contributed by atoms with Gasteiger partial charge >= 0.3 is 0 Å². The van der Waals surface area contributed by atoms with Gasteiger partial charge in [0.2, 0.25) is 11.8 Å². The van der Waals surface area contributed by atoms with Gasteiger partial charge in [-0.25, -0.2) is 8.42 Å². The van der Waals surface area contributed by atoms with Crippen molar-refractivity contribution >= 4 is 62.3 Å². The molecule has 1 aliphatic carbocycles. The van der Waals surface area contributed by atoms with E-state index in [4.69, 9.17) is 39.5 Å². The summed E-state index contributed by atoms with van der Waals surface area (Å²) < 4.78 is 34.9. The molecule has 4 aromatic carbocycles. The number of carbonyl (C=O) groups is 2. The number of anilines is 1. The van der Waals surface area contributed by atoms with Crippen LogP contribution in [0.15, 0.2) is 95.9 Å². The Balaban J connectivity index is 1.59. The summed E-state index contributed by atoms with van der Waals surface area (Å²) in [6.07, 6.45) is 3.93. The predicted molar refractivity (Wildman–Crippen MR) is 195 cm³/mol. The summed E-state index contributed by atoms with van der Waals surface area (Å²) in [4.78, 5) is 30.3. The fraction of sp³-hybridized carbons (Fsp3) is 0.297. The summed E-state index contributed by atoms with van der Waals surface area (Å²) in [7, 11) is -2.84. The van der Waals surface area contributed by atoms with Gasteiger partial charge in [0.15, 0.2) is 0 Å². The number of methoxy groups -OCH3 is 1. The number of amides is 2. The molecule has 4 aromatic rings. The number of aryl methyl sites for hydroxylation is 1. The van der Waals surface area contributed by atoms with E-state index < -0.39 is 28.5 Å². The van der Waals surface area contributed by atoms with Crippen LogP contribution in [0.3, 0.4) is 0 Å². The van der Waals surface area contributed by atoms with Crippen molar-refractivity contribution < 1.29 is 22.7 Å². The van der Waals surface area contributed by atoms with Gasteiger partial charge in [0.1, 0.15) is 18.3 Å². The second kappa shape index (κ2) is 16.3. The van der Waals surface area contributed by atoms with E-state index in [1.54, 1.807) is 36.4 Å². The average molecular weight is 743 g/mol. The van der Waals surface area contributed by atoms with E-state index in [1.165, 1.54) is 36.3 Å². The van der Waals surface area contributed by atoms with Gasteiger partial charge in [-0.2, -0.15) is 0 Å². The fourth-order valence-electron chi connectivity index (χ4n) is 5.93. The van der Waals surface area contributed by atoms with Gasteiger partial charge in [-0.1, -0.05) is 102 Å². The number of sulfonamides is 1. The average Bonchev–Trinajstić information content (AvgIpc) is 3.60. The molecule has 12 heteroatoms. The summed E-state index contributed by atoms with van der Waals surface area (Å²) in [6.45, 7) is 1.20. The molecule has 1 fully saturated rings. The summed E-state index contributed by atoms with van der Waals surface area (Å²) in [5, 5.41) is 3.97. The van der Waals surface area contributed by atoms with E-state index in [-0.39, 0.29) is 45.5 Å². The maximum atomic E-state index is 14.7. The first-order chi connectivity index (χ1) is 23.5. The van der Waals surface area contributed by atoms with Crippen molar-refractivity contribution in [2.24, 2.45) is 0 Å². The molecule has 1 saturated carbocycles. The predicted octanol–water partition coefficient (Wildman–Crippen LogP) is 7.86. The van der Waals surface area contributed by atoms with Crippen molar-refractivity contribution in [3.63, 3.8) is 0 Å². The molecule has 1 N–H and O–H groups in total. The molecule has 258 valence electrons. The number of hydrogen-bond donors (Lipinski definition) is 1. The molecule has 8 nitrogen and oxygen atoms in total. The highest BCUT2D eigenvalue weighted by molar-refractivity contribution is 7.92. The van der Waals surface area contributed by atoms with Crippen molar-refractivity contribution in [1.82, 2.24) is 10.2 Å². The maximum Gasteiger partial charge on any atom is 0.264 e. The van der Waals surface area contributed by atoms with Gasteiger partial charge in [-0.3, -0.25) is 13.9 Å². The number of halogens is 3. The highest BCUT2D eigenvalue weighted by Crippen LogP contribution is 2.33. The molecule has 0 aliphatic heterocycles. The Morgan fingerprint density at radius 2 is 1.55 bits per heavy atom. The van der Waals surface area contributed by atoms with Crippen LogP contribution in [0.5, 0.6) is 5.75 Å². The minimum absolute atomic E-state index is 0.00585. The first-order valence-electron chi connectivity index (χ1n) is 16.0. The van der Waals surface area contributed by atoms with Gasteiger partial charge in [0.05, 0.1) is 32.8 Å². The zero-order valence-corrected chi connectivity index (χ0v) is 30.3. The van der Waals surface area contributed by atoms with Crippen molar-refractivity contribution in [2.75, 3.05) is 18.0 Å². The SMILES string of the molecule is COc1ccc(N(CC(=O)N(Cc2ccc(Cl)c(Cl)c2)[C@H](Cc2ccccc2)C(=O)NC2CCCC2)S(=O)(=O)c2ccc(C)cc2)cc1Cl. The number of rotatable bonds is 13. The Morgan fingerprint density at radius 3 is 2.18 bits per heavy atom. The Labute approximate surface area is 303 Å². The van der Waals surface area contributed by atoms with Crippen LogP contribution in [0.25, 0.3) is 0 Å². The zero-order valence-electron chi connectivity index (χ0n) is 27.2. The lowest BCUT2D eigenvalue weighted by Gasteiger charge is -2.34. The first kappa shape index (κ1) is 36.5. The third-order valence-electron chi connectivity index (χ3n) is 8.62. The molecular weight excluding hydrogens is 705 g/mol. The molecule has 0 radical (unpaired) electrons. The quantitative estimate of drug-likeness (QED) is 0.151. The summed E-state index contributed by atoms with van der Waals surface area (Å²) in [5.41, 5.74) is 2.49. The van der Waals surface area contributed by atoms with Crippen LogP contribution in [0, 0.1) is 6.92 Å². The fourth-order valence-corrected chi connectivity index (χ4v) is 7.91. The Bertz CT molecular complexity index is 1890. The van der Waals surface area contributed by atoms with Crippen LogP contribution in [0.1, 0.15) is 42.4 Å². The van der Waals surface area contributed by atoms with Gasteiger partial charge < -0.3 is 15.0 Å². The molecule has 0 spiro atoms. The van der Waals surface area contributed by atoms with Crippen molar-refractivity contribution in [3.05, 3.63) is 123 Å². The molecular formula is C37H38Cl3N3O5S. The number of hydrogen-bond acceptors (Lipinski definition) is 5. The number of benzene rings is 4. The molecule has 0 heterocycles.